The molecule has 0 unspecified atom stereocenters. The zero-order valence-electron chi connectivity index (χ0n) is 10.8. The zero-order chi connectivity index (χ0) is 13.9. The Morgan fingerprint density at radius 3 is 2.60 bits per heavy atom. The number of halogens is 1. The standard InChI is InChI=1S/C16H12ClNOS/c1-19-12-8-6-11(7-9-12)10-13(17)16-18-14-4-2-3-5-15(14)20-16/h2-10H,1H3. The highest BCUT2D eigenvalue weighted by Gasteiger charge is 2.06. The number of nitrogens with zero attached hydrogens (tertiary/aromatic N) is 1. The van der Waals surface area contributed by atoms with Gasteiger partial charge in [-0.05, 0) is 35.9 Å². The first-order valence-corrected chi connectivity index (χ1v) is 7.33. The van der Waals surface area contributed by atoms with Gasteiger partial charge in [0.25, 0.3) is 0 Å². The molecule has 4 heteroatoms. The van der Waals surface area contributed by atoms with Gasteiger partial charge >= 0.3 is 0 Å². The number of rotatable bonds is 3. The van der Waals surface area contributed by atoms with E-state index in [0.717, 1.165) is 26.5 Å². The second-order valence-electron chi connectivity index (χ2n) is 4.25. The Balaban J connectivity index is 1.93. The van der Waals surface area contributed by atoms with Crippen LogP contribution in [0.25, 0.3) is 21.3 Å². The van der Waals surface area contributed by atoms with Crippen molar-refractivity contribution in [3.8, 4) is 5.75 Å². The van der Waals surface area contributed by atoms with Crippen molar-refractivity contribution >= 4 is 44.3 Å². The molecule has 0 aliphatic heterocycles. The minimum atomic E-state index is 0.649. The van der Waals surface area contributed by atoms with Crippen LogP contribution in [0.5, 0.6) is 5.75 Å². The van der Waals surface area contributed by atoms with Gasteiger partial charge in [-0.3, -0.25) is 0 Å². The molecule has 2 nitrogen and oxygen atoms in total. The van der Waals surface area contributed by atoms with Crippen LogP contribution in [0.1, 0.15) is 10.6 Å². The van der Waals surface area contributed by atoms with E-state index in [9.17, 15) is 0 Å². The van der Waals surface area contributed by atoms with E-state index in [2.05, 4.69) is 4.98 Å². The fraction of sp³-hybridized carbons (Fsp3) is 0.0625. The SMILES string of the molecule is COc1ccc(C=C(Cl)c2nc3ccccc3s2)cc1. The number of benzene rings is 2. The summed E-state index contributed by atoms with van der Waals surface area (Å²) in [6.07, 6.45) is 1.92. The molecular formula is C16H12ClNOS. The molecule has 2 aromatic carbocycles. The van der Waals surface area contributed by atoms with Crippen LogP contribution in [-0.2, 0) is 0 Å². The normalized spacial score (nSPS) is 11.8. The molecule has 0 spiro atoms. The van der Waals surface area contributed by atoms with Crippen molar-refractivity contribution in [1.29, 1.82) is 0 Å². The average molecular weight is 302 g/mol. The summed E-state index contributed by atoms with van der Waals surface area (Å²) < 4.78 is 6.28. The molecule has 3 aromatic rings. The summed E-state index contributed by atoms with van der Waals surface area (Å²) in [6, 6.07) is 15.8. The Kier molecular flexibility index (Phi) is 3.72. The molecule has 0 fully saturated rings. The van der Waals surface area contributed by atoms with E-state index in [1.54, 1.807) is 18.4 Å². The maximum Gasteiger partial charge on any atom is 0.136 e. The Morgan fingerprint density at radius 2 is 1.90 bits per heavy atom. The van der Waals surface area contributed by atoms with E-state index < -0.39 is 0 Å². The van der Waals surface area contributed by atoms with Crippen molar-refractivity contribution in [3.63, 3.8) is 0 Å². The minimum absolute atomic E-state index is 0.649. The second kappa shape index (κ2) is 5.65. The van der Waals surface area contributed by atoms with Crippen LogP contribution in [0.3, 0.4) is 0 Å². The van der Waals surface area contributed by atoms with Crippen LogP contribution >= 0.6 is 22.9 Å². The van der Waals surface area contributed by atoms with Crippen LogP contribution in [0, 0.1) is 0 Å². The summed E-state index contributed by atoms with van der Waals surface area (Å²) >= 11 is 7.96. The van der Waals surface area contributed by atoms with E-state index in [1.807, 2.05) is 54.6 Å². The molecule has 100 valence electrons. The molecule has 0 saturated heterocycles. The summed E-state index contributed by atoms with van der Waals surface area (Å²) in [5.41, 5.74) is 2.00. The number of ether oxygens (including phenoxy) is 1. The van der Waals surface area contributed by atoms with Crippen molar-refractivity contribution in [1.82, 2.24) is 4.98 Å². The molecule has 0 bridgehead atoms. The Labute approximate surface area is 126 Å². The van der Waals surface area contributed by atoms with Gasteiger partial charge in [-0.1, -0.05) is 35.9 Å². The lowest BCUT2D eigenvalue weighted by atomic mass is 10.2. The van der Waals surface area contributed by atoms with Gasteiger partial charge in [-0.2, -0.15) is 0 Å². The molecule has 0 N–H and O–H groups in total. The largest absolute Gasteiger partial charge is 0.497 e. The van der Waals surface area contributed by atoms with Crippen molar-refractivity contribution < 1.29 is 4.74 Å². The fourth-order valence-corrected chi connectivity index (χ4v) is 3.04. The van der Waals surface area contributed by atoms with Crippen LogP contribution in [-0.4, -0.2) is 12.1 Å². The van der Waals surface area contributed by atoms with Crippen LogP contribution in [0.2, 0.25) is 0 Å². The average Bonchev–Trinajstić information content (AvgIpc) is 2.92. The lowest BCUT2D eigenvalue weighted by Crippen LogP contribution is -1.82. The maximum atomic E-state index is 6.36. The van der Waals surface area contributed by atoms with Crippen molar-refractivity contribution in [2.75, 3.05) is 7.11 Å². The third kappa shape index (κ3) is 2.69. The molecule has 0 radical (unpaired) electrons. The number of para-hydroxylation sites is 1. The van der Waals surface area contributed by atoms with E-state index in [4.69, 9.17) is 16.3 Å². The lowest BCUT2D eigenvalue weighted by molar-refractivity contribution is 0.415. The number of fused-ring (bicyclic) bond motifs is 1. The maximum absolute atomic E-state index is 6.36. The molecule has 1 aromatic heterocycles. The molecule has 1 heterocycles. The summed E-state index contributed by atoms with van der Waals surface area (Å²) in [5.74, 6) is 0.832. The van der Waals surface area contributed by atoms with Crippen molar-refractivity contribution in [3.05, 3.63) is 59.1 Å². The molecule has 0 aliphatic carbocycles. The first-order chi connectivity index (χ1) is 9.76. The minimum Gasteiger partial charge on any atom is -0.497 e. The highest BCUT2D eigenvalue weighted by atomic mass is 35.5. The summed E-state index contributed by atoms with van der Waals surface area (Å²) in [4.78, 5) is 4.54. The Hall–Kier alpha value is -1.84. The van der Waals surface area contributed by atoms with E-state index in [-0.39, 0.29) is 0 Å². The third-order valence-electron chi connectivity index (χ3n) is 2.91. The van der Waals surface area contributed by atoms with Crippen molar-refractivity contribution in [2.24, 2.45) is 0 Å². The lowest BCUT2D eigenvalue weighted by Gasteiger charge is -1.99. The van der Waals surface area contributed by atoms with Gasteiger partial charge < -0.3 is 4.74 Å². The van der Waals surface area contributed by atoms with Gasteiger partial charge in [-0.25, -0.2) is 4.98 Å². The summed E-state index contributed by atoms with van der Waals surface area (Å²) in [7, 11) is 1.65. The number of aromatic nitrogens is 1. The molecule has 0 atom stereocenters. The van der Waals surface area contributed by atoms with E-state index in [1.165, 1.54) is 0 Å². The van der Waals surface area contributed by atoms with Gasteiger partial charge in [0.2, 0.25) is 0 Å². The predicted molar refractivity (Wildman–Crippen MR) is 86.3 cm³/mol. The van der Waals surface area contributed by atoms with Gasteiger partial charge in [0.15, 0.2) is 0 Å². The molecule has 0 amide bonds. The van der Waals surface area contributed by atoms with Gasteiger partial charge in [-0.15, -0.1) is 11.3 Å². The second-order valence-corrected chi connectivity index (χ2v) is 5.69. The molecule has 20 heavy (non-hydrogen) atoms. The highest BCUT2D eigenvalue weighted by Crippen LogP contribution is 2.30. The first-order valence-electron chi connectivity index (χ1n) is 6.13. The van der Waals surface area contributed by atoms with Crippen LogP contribution in [0.15, 0.2) is 48.5 Å². The Morgan fingerprint density at radius 1 is 1.15 bits per heavy atom. The number of methoxy groups -OCH3 is 1. The molecular weight excluding hydrogens is 290 g/mol. The molecule has 0 aliphatic rings. The first kappa shape index (κ1) is 13.2. The highest BCUT2D eigenvalue weighted by molar-refractivity contribution is 7.20. The molecule has 0 saturated carbocycles. The molecule has 3 rings (SSSR count). The van der Waals surface area contributed by atoms with Crippen LogP contribution in [0.4, 0.5) is 0 Å². The van der Waals surface area contributed by atoms with Crippen LogP contribution < -0.4 is 4.74 Å². The monoisotopic (exact) mass is 301 g/mol. The number of hydrogen-bond donors (Lipinski definition) is 0. The third-order valence-corrected chi connectivity index (χ3v) is 4.38. The van der Waals surface area contributed by atoms with Gasteiger partial charge in [0, 0.05) is 0 Å². The quantitative estimate of drug-likeness (QED) is 0.676. The topological polar surface area (TPSA) is 22.1 Å². The summed E-state index contributed by atoms with van der Waals surface area (Å²) in [6.45, 7) is 0. The van der Waals surface area contributed by atoms with Crippen molar-refractivity contribution in [2.45, 2.75) is 0 Å². The predicted octanol–water partition coefficient (Wildman–Crippen LogP) is 5.04. The number of thiazole rings is 1. The number of hydrogen-bond acceptors (Lipinski definition) is 3. The zero-order valence-corrected chi connectivity index (χ0v) is 12.4. The van der Waals surface area contributed by atoms with Gasteiger partial charge in [0.1, 0.15) is 10.8 Å². The fourth-order valence-electron chi connectivity index (χ4n) is 1.88. The summed E-state index contributed by atoms with van der Waals surface area (Å²) in [5, 5.41) is 1.49. The van der Waals surface area contributed by atoms with E-state index in [0.29, 0.717) is 5.03 Å². The smallest absolute Gasteiger partial charge is 0.136 e. The van der Waals surface area contributed by atoms with Gasteiger partial charge in [0.05, 0.1) is 22.4 Å². The Bertz CT molecular complexity index is 729. The van der Waals surface area contributed by atoms with E-state index >= 15 is 0 Å².